The second-order valence-electron chi connectivity index (χ2n) is 3.79. The Hall–Kier alpha value is -2.68. The first-order valence-electron chi connectivity index (χ1n) is 5.44. The first-order valence-corrected chi connectivity index (χ1v) is 5.44. The van der Waals surface area contributed by atoms with E-state index in [1.807, 2.05) is 6.07 Å². The van der Waals surface area contributed by atoms with Crippen molar-refractivity contribution in [3.8, 4) is 11.9 Å². The summed E-state index contributed by atoms with van der Waals surface area (Å²) in [5, 5.41) is 12.7. The molecular formula is C13H10FN3O2. The number of halogens is 1. The molecule has 0 atom stereocenters. The van der Waals surface area contributed by atoms with Crippen LogP contribution in [-0.2, 0) is 6.54 Å². The van der Waals surface area contributed by atoms with E-state index in [0.717, 1.165) is 4.68 Å². The summed E-state index contributed by atoms with van der Waals surface area (Å²) in [6.45, 7) is -0.0581. The molecule has 96 valence electrons. The maximum atomic E-state index is 13.6. The van der Waals surface area contributed by atoms with Crippen molar-refractivity contribution in [2.24, 2.45) is 0 Å². The van der Waals surface area contributed by atoms with Crippen molar-refractivity contribution < 1.29 is 9.13 Å². The molecular weight excluding hydrogens is 249 g/mol. The van der Waals surface area contributed by atoms with Crippen LogP contribution in [0.2, 0.25) is 0 Å². The van der Waals surface area contributed by atoms with Crippen molar-refractivity contribution in [1.29, 1.82) is 5.26 Å². The van der Waals surface area contributed by atoms with E-state index in [-0.39, 0.29) is 23.5 Å². The lowest BCUT2D eigenvalue weighted by Crippen LogP contribution is -2.23. The summed E-state index contributed by atoms with van der Waals surface area (Å²) >= 11 is 0. The third-order valence-corrected chi connectivity index (χ3v) is 2.55. The number of ether oxygens (including phenoxy) is 1. The number of hydrogen-bond acceptors (Lipinski definition) is 4. The monoisotopic (exact) mass is 259 g/mol. The van der Waals surface area contributed by atoms with E-state index in [0.29, 0.717) is 5.56 Å². The smallest absolute Gasteiger partial charge is 0.267 e. The fraction of sp³-hybridized carbons (Fsp3) is 0.154. The predicted molar refractivity (Wildman–Crippen MR) is 65.3 cm³/mol. The quantitative estimate of drug-likeness (QED) is 0.833. The molecule has 0 unspecified atom stereocenters. The van der Waals surface area contributed by atoms with Gasteiger partial charge < -0.3 is 4.74 Å². The van der Waals surface area contributed by atoms with E-state index in [1.54, 1.807) is 0 Å². The zero-order chi connectivity index (χ0) is 13.8. The number of nitriles is 1. The second-order valence-corrected chi connectivity index (χ2v) is 3.79. The summed E-state index contributed by atoms with van der Waals surface area (Å²) in [6.07, 6.45) is 0. The molecule has 0 bridgehead atoms. The van der Waals surface area contributed by atoms with Gasteiger partial charge in [0.05, 0.1) is 25.3 Å². The minimum absolute atomic E-state index is 0.0581. The molecule has 0 saturated carbocycles. The van der Waals surface area contributed by atoms with Gasteiger partial charge in [-0.1, -0.05) is 0 Å². The number of nitrogens with zero attached hydrogens (tertiary/aromatic N) is 3. The average Bonchev–Trinajstić information content (AvgIpc) is 2.43. The molecule has 0 fully saturated rings. The third kappa shape index (κ3) is 2.77. The van der Waals surface area contributed by atoms with Crippen LogP contribution in [0, 0.1) is 17.1 Å². The molecule has 0 amide bonds. The Bertz CT molecular complexity index is 704. The topological polar surface area (TPSA) is 67.9 Å². The third-order valence-electron chi connectivity index (χ3n) is 2.55. The van der Waals surface area contributed by atoms with Gasteiger partial charge in [-0.3, -0.25) is 4.79 Å². The first kappa shape index (κ1) is 12.8. The van der Waals surface area contributed by atoms with Crippen LogP contribution in [0.3, 0.4) is 0 Å². The molecule has 0 N–H and O–H groups in total. The minimum Gasteiger partial charge on any atom is -0.480 e. The van der Waals surface area contributed by atoms with Crippen LogP contribution in [0.15, 0.2) is 35.1 Å². The van der Waals surface area contributed by atoms with Gasteiger partial charge in [-0.05, 0) is 18.2 Å². The second kappa shape index (κ2) is 5.31. The molecule has 2 aromatic rings. The SMILES string of the molecule is COc1ccc(=O)n(Cc2cc(C#N)ccc2F)n1. The van der Waals surface area contributed by atoms with Crippen LogP contribution in [-0.4, -0.2) is 16.9 Å². The van der Waals surface area contributed by atoms with Gasteiger partial charge >= 0.3 is 0 Å². The summed E-state index contributed by atoms with van der Waals surface area (Å²) in [4.78, 5) is 11.6. The van der Waals surface area contributed by atoms with Gasteiger partial charge in [0.25, 0.3) is 5.56 Å². The summed E-state index contributed by atoms with van der Waals surface area (Å²) in [5.41, 5.74) is 0.178. The van der Waals surface area contributed by atoms with Gasteiger partial charge in [0.15, 0.2) is 0 Å². The van der Waals surface area contributed by atoms with E-state index in [9.17, 15) is 9.18 Å². The molecule has 0 saturated heterocycles. The van der Waals surface area contributed by atoms with Gasteiger partial charge in [0, 0.05) is 17.7 Å². The van der Waals surface area contributed by atoms with E-state index >= 15 is 0 Å². The molecule has 6 heteroatoms. The lowest BCUT2D eigenvalue weighted by molar-refractivity contribution is 0.378. The normalized spacial score (nSPS) is 9.95. The molecule has 0 radical (unpaired) electrons. The maximum absolute atomic E-state index is 13.6. The van der Waals surface area contributed by atoms with Crippen LogP contribution in [0.5, 0.6) is 5.88 Å². The first-order chi connectivity index (χ1) is 9.13. The summed E-state index contributed by atoms with van der Waals surface area (Å²) < 4.78 is 19.6. The molecule has 19 heavy (non-hydrogen) atoms. The van der Waals surface area contributed by atoms with Crippen molar-refractivity contribution in [3.05, 3.63) is 57.6 Å². The highest BCUT2D eigenvalue weighted by Gasteiger charge is 2.07. The van der Waals surface area contributed by atoms with Crippen LogP contribution < -0.4 is 10.3 Å². The standard InChI is InChI=1S/C13H10FN3O2/c1-19-12-4-5-13(18)17(16-12)8-10-6-9(7-15)2-3-11(10)14/h2-6H,8H2,1H3. The Balaban J connectivity index is 2.41. The molecule has 5 nitrogen and oxygen atoms in total. The molecule has 0 spiro atoms. The van der Waals surface area contributed by atoms with Crippen molar-refractivity contribution >= 4 is 0 Å². The lowest BCUT2D eigenvalue weighted by Gasteiger charge is -2.07. The number of rotatable bonds is 3. The Morgan fingerprint density at radius 2 is 2.21 bits per heavy atom. The van der Waals surface area contributed by atoms with E-state index in [1.165, 1.54) is 37.4 Å². The molecule has 0 aliphatic rings. The van der Waals surface area contributed by atoms with Crippen molar-refractivity contribution in [1.82, 2.24) is 9.78 Å². The minimum atomic E-state index is -0.490. The maximum Gasteiger partial charge on any atom is 0.267 e. The van der Waals surface area contributed by atoms with Gasteiger partial charge in [-0.2, -0.15) is 5.26 Å². The number of benzene rings is 1. The molecule has 2 rings (SSSR count). The highest BCUT2D eigenvalue weighted by atomic mass is 19.1. The van der Waals surface area contributed by atoms with E-state index < -0.39 is 5.82 Å². The number of methoxy groups -OCH3 is 1. The summed E-state index contributed by atoms with van der Waals surface area (Å²) in [5.74, 6) is -0.230. The molecule has 0 aliphatic carbocycles. The lowest BCUT2D eigenvalue weighted by atomic mass is 10.1. The number of aromatic nitrogens is 2. The fourth-order valence-corrected chi connectivity index (χ4v) is 1.58. The molecule has 1 aromatic heterocycles. The Kier molecular flexibility index (Phi) is 3.57. The molecule has 0 aliphatic heterocycles. The van der Waals surface area contributed by atoms with E-state index in [4.69, 9.17) is 10.00 Å². The Labute approximate surface area is 108 Å². The summed E-state index contributed by atoms with van der Waals surface area (Å²) in [6, 6.07) is 8.60. The van der Waals surface area contributed by atoms with E-state index in [2.05, 4.69) is 5.10 Å². The highest BCUT2D eigenvalue weighted by Crippen LogP contribution is 2.11. The zero-order valence-corrected chi connectivity index (χ0v) is 10.1. The molecule has 1 aromatic carbocycles. The van der Waals surface area contributed by atoms with Gasteiger partial charge in [-0.15, -0.1) is 5.10 Å². The average molecular weight is 259 g/mol. The largest absolute Gasteiger partial charge is 0.480 e. The predicted octanol–water partition coefficient (Wildman–Crippen LogP) is 1.31. The summed E-state index contributed by atoms with van der Waals surface area (Å²) in [7, 11) is 1.42. The van der Waals surface area contributed by atoms with Crippen molar-refractivity contribution in [3.63, 3.8) is 0 Å². The van der Waals surface area contributed by atoms with Crippen molar-refractivity contribution in [2.75, 3.05) is 7.11 Å². The van der Waals surface area contributed by atoms with Gasteiger partial charge in [0.1, 0.15) is 5.82 Å². The van der Waals surface area contributed by atoms with Crippen LogP contribution >= 0.6 is 0 Å². The Morgan fingerprint density at radius 3 is 2.89 bits per heavy atom. The van der Waals surface area contributed by atoms with Crippen molar-refractivity contribution in [2.45, 2.75) is 6.54 Å². The van der Waals surface area contributed by atoms with Crippen LogP contribution in [0.25, 0.3) is 0 Å². The fourth-order valence-electron chi connectivity index (χ4n) is 1.58. The Morgan fingerprint density at radius 1 is 1.42 bits per heavy atom. The van der Waals surface area contributed by atoms with Gasteiger partial charge in [-0.25, -0.2) is 9.07 Å². The van der Waals surface area contributed by atoms with Gasteiger partial charge in [0.2, 0.25) is 5.88 Å². The van der Waals surface area contributed by atoms with Crippen LogP contribution in [0.4, 0.5) is 4.39 Å². The highest BCUT2D eigenvalue weighted by molar-refractivity contribution is 5.33. The number of hydrogen-bond donors (Lipinski definition) is 0. The zero-order valence-electron chi connectivity index (χ0n) is 10.1. The molecule has 1 heterocycles. The van der Waals surface area contributed by atoms with Crippen LogP contribution in [0.1, 0.15) is 11.1 Å².